The van der Waals surface area contributed by atoms with E-state index in [-0.39, 0.29) is 31.3 Å². The summed E-state index contributed by atoms with van der Waals surface area (Å²) in [6.07, 6.45) is 2.66. The summed E-state index contributed by atoms with van der Waals surface area (Å²) >= 11 is 0. The van der Waals surface area contributed by atoms with Crippen LogP contribution in [-0.4, -0.2) is 37.4 Å². The highest BCUT2D eigenvalue weighted by Gasteiger charge is 2.14. The van der Waals surface area contributed by atoms with Crippen molar-refractivity contribution in [2.24, 2.45) is 0 Å². The highest BCUT2D eigenvalue weighted by molar-refractivity contribution is 5.81. The molecule has 0 aromatic heterocycles. The molecule has 0 saturated heterocycles. The summed E-state index contributed by atoms with van der Waals surface area (Å²) < 4.78 is 21.6. The maximum absolute atomic E-state index is 11.2. The molecule has 2 rings (SSSR count). The van der Waals surface area contributed by atoms with Crippen LogP contribution in [0.25, 0.3) is 0 Å². The summed E-state index contributed by atoms with van der Waals surface area (Å²) in [6, 6.07) is 15.9. The average molecular weight is 453 g/mol. The summed E-state index contributed by atoms with van der Waals surface area (Å²) in [7, 11) is 0. The van der Waals surface area contributed by atoms with E-state index in [1.165, 1.54) is 11.1 Å². The van der Waals surface area contributed by atoms with Gasteiger partial charge in [-0.25, -0.2) is 9.59 Å². The Morgan fingerprint density at radius 2 is 1.12 bits per heavy atom. The molecule has 2 unspecified atom stereocenters. The van der Waals surface area contributed by atoms with Gasteiger partial charge in [0, 0.05) is 18.1 Å². The number of rotatable bonds is 13. The highest BCUT2D eigenvalue weighted by Crippen LogP contribution is 2.30. The molecule has 0 fully saturated rings. The fourth-order valence-corrected chi connectivity index (χ4v) is 3.27. The van der Waals surface area contributed by atoms with Crippen molar-refractivity contribution in [1.29, 1.82) is 0 Å². The van der Waals surface area contributed by atoms with Gasteiger partial charge in [0.15, 0.2) is 0 Å². The molecule has 2 atom stereocenters. The second-order valence-corrected chi connectivity index (χ2v) is 7.62. The molecule has 2 aromatic rings. The van der Waals surface area contributed by atoms with Crippen LogP contribution in [0.1, 0.15) is 44.2 Å². The molecule has 6 nitrogen and oxygen atoms in total. The molecule has 0 aliphatic carbocycles. The predicted molar refractivity (Wildman–Crippen MR) is 128 cm³/mol. The molecule has 0 saturated carbocycles. The van der Waals surface area contributed by atoms with Crippen molar-refractivity contribution in [1.82, 2.24) is 0 Å². The Balaban J connectivity index is 1.96. The maximum atomic E-state index is 11.2. The minimum absolute atomic E-state index is 0.161. The SMILES string of the molecule is C=CC(=O)OCC(C)Oc1ccc(C(CC)c2ccc(OC(C)COC(=O)C=C)cc2)cc1. The van der Waals surface area contributed by atoms with Crippen molar-refractivity contribution in [3.63, 3.8) is 0 Å². The number of carbonyl (C=O) groups excluding carboxylic acids is 2. The molecule has 0 amide bonds. The first-order valence-corrected chi connectivity index (χ1v) is 11.0. The van der Waals surface area contributed by atoms with Crippen LogP contribution in [0.2, 0.25) is 0 Å². The Labute approximate surface area is 195 Å². The van der Waals surface area contributed by atoms with Gasteiger partial charge in [-0.3, -0.25) is 0 Å². The number of ether oxygens (including phenoxy) is 4. The summed E-state index contributed by atoms with van der Waals surface area (Å²) in [5, 5.41) is 0. The van der Waals surface area contributed by atoms with Gasteiger partial charge in [0.2, 0.25) is 0 Å². The van der Waals surface area contributed by atoms with Gasteiger partial charge in [-0.15, -0.1) is 0 Å². The number of hydrogen-bond acceptors (Lipinski definition) is 6. The van der Waals surface area contributed by atoms with Gasteiger partial charge in [0.05, 0.1) is 0 Å². The minimum Gasteiger partial charge on any atom is -0.487 e. The van der Waals surface area contributed by atoms with E-state index in [1.54, 1.807) is 0 Å². The van der Waals surface area contributed by atoms with E-state index in [2.05, 4.69) is 20.1 Å². The summed E-state index contributed by atoms with van der Waals surface area (Å²) in [6.45, 7) is 12.9. The highest BCUT2D eigenvalue weighted by atomic mass is 16.6. The first-order valence-electron chi connectivity index (χ1n) is 11.0. The van der Waals surface area contributed by atoms with Crippen LogP contribution in [0.4, 0.5) is 0 Å². The number of hydrogen-bond donors (Lipinski definition) is 0. The summed E-state index contributed by atoms with van der Waals surface area (Å²) in [5.74, 6) is 0.725. The molecule has 0 bridgehead atoms. The second-order valence-electron chi connectivity index (χ2n) is 7.62. The Kier molecular flexibility index (Phi) is 10.2. The maximum Gasteiger partial charge on any atom is 0.330 e. The molecule has 0 N–H and O–H groups in total. The van der Waals surface area contributed by atoms with Crippen LogP contribution in [0.5, 0.6) is 11.5 Å². The van der Waals surface area contributed by atoms with Crippen molar-refractivity contribution < 1.29 is 28.5 Å². The van der Waals surface area contributed by atoms with Crippen LogP contribution >= 0.6 is 0 Å². The molecule has 0 spiro atoms. The molecule has 33 heavy (non-hydrogen) atoms. The third-order valence-electron chi connectivity index (χ3n) is 4.90. The third kappa shape index (κ3) is 8.48. The zero-order chi connectivity index (χ0) is 24.2. The fourth-order valence-electron chi connectivity index (χ4n) is 3.27. The van der Waals surface area contributed by atoms with Crippen LogP contribution < -0.4 is 9.47 Å². The van der Waals surface area contributed by atoms with E-state index < -0.39 is 11.9 Å². The first-order chi connectivity index (χ1) is 15.9. The Bertz CT molecular complexity index is 841. The van der Waals surface area contributed by atoms with E-state index in [9.17, 15) is 9.59 Å². The molecule has 6 heteroatoms. The largest absolute Gasteiger partial charge is 0.487 e. The Morgan fingerprint density at radius 1 is 0.758 bits per heavy atom. The lowest BCUT2D eigenvalue weighted by Crippen LogP contribution is -2.21. The average Bonchev–Trinajstić information content (AvgIpc) is 2.83. The number of benzene rings is 2. The van der Waals surface area contributed by atoms with Crippen molar-refractivity contribution in [2.75, 3.05) is 13.2 Å². The normalized spacial score (nSPS) is 13.2. The first kappa shape index (κ1) is 25.7. The molecule has 0 aliphatic rings. The molecule has 176 valence electrons. The zero-order valence-corrected chi connectivity index (χ0v) is 19.5. The molecule has 0 radical (unpaired) electrons. The molecule has 0 aliphatic heterocycles. The van der Waals surface area contributed by atoms with Gasteiger partial charge in [-0.1, -0.05) is 44.3 Å². The molecular formula is C27H32O6. The lowest BCUT2D eigenvalue weighted by molar-refractivity contribution is -0.140. The van der Waals surface area contributed by atoms with Gasteiger partial charge >= 0.3 is 11.9 Å². The molecule has 0 heterocycles. The van der Waals surface area contributed by atoms with Crippen LogP contribution in [0.3, 0.4) is 0 Å². The van der Waals surface area contributed by atoms with Crippen molar-refractivity contribution in [3.8, 4) is 11.5 Å². The molecule has 2 aromatic carbocycles. The second kappa shape index (κ2) is 13.1. The third-order valence-corrected chi connectivity index (χ3v) is 4.90. The van der Waals surface area contributed by atoms with E-state index in [4.69, 9.17) is 18.9 Å². The van der Waals surface area contributed by atoms with E-state index in [0.29, 0.717) is 11.5 Å². The van der Waals surface area contributed by atoms with Crippen molar-refractivity contribution in [2.45, 2.75) is 45.3 Å². The van der Waals surface area contributed by atoms with E-state index >= 15 is 0 Å². The fraction of sp³-hybridized carbons (Fsp3) is 0.333. The van der Waals surface area contributed by atoms with Crippen LogP contribution in [0, 0.1) is 0 Å². The minimum atomic E-state index is -0.464. The topological polar surface area (TPSA) is 71.1 Å². The Hall–Kier alpha value is -3.54. The number of carbonyl (C=O) groups is 2. The molecular weight excluding hydrogens is 420 g/mol. The summed E-state index contributed by atoms with van der Waals surface area (Å²) in [4.78, 5) is 22.3. The quantitative estimate of drug-likeness (QED) is 0.306. The monoisotopic (exact) mass is 452 g/mol. The lowest BCUT2D eigenvalue weighted by Gasteiger charge is -2.19. The van der Waals surface area contributed by atoms with Crippen molar-refractivity contribution >= 4 is 11.9 Å². The summed E-state index contributed by atoms with van der Waals surface area (Å²) in [5.41, 5.74) is 2.35. The van der Waals surface area contributed by atoms with Gasteiger partial charge in [0.1, 0.15) is 36.9 Å². The standard InChI is InChI=1S/C27H32O6/c1-6-25(21-9-13-23(14-10-21)32-19(4)17-30-26(28)7-2)22-11-15-24(16-12-22)33-20(5)18-31-27(29)8-3/h7-16,19-20,25H,2-3,6,17-18H2,1,4-5H3. The number of esters is 2. The van der Waals surface area contributed by atoms with Crippen LogP contribution in [-0.2, 0) is 19.1 Å². The van der Waals surface area contributed by atoms with Crippen molar-refractivity contribution in [3.05, 3.63) is 85.0 Å². The smallest absolute Gasteiger partial charge is 0.330 e. The predicted octanol–water partition coefficient (Wildman–Crippen LogP) is 5.22. The van der Waals surface area contributed by atoms with E-state index in [0.717, 1.165) is 18.6 Å². The van der Waals surface area contributed by atoms with Gasteiger partial charge in [-0.05, 0) is 55.7 Å². The van der Waals surface area contributed by atoms with Gasteiger partial charge in [-0.2, -0.15) is 0 Å². The van der Waals surface area contributed by atoms with Crippen LogP contribution in [0.15, 0.2) is 73.8 Å². The van der Waals surface area contributed by atoms with Gasteiger partial charge in [0.25, 0.3) is 0 Å². The Morgan fingerprint density at radius 3 is 1.42 bits per heavy atom. The van der Waals surface area contributed by atoms with E-state index in [1.807, 2.05) is 62.4 Å². The zero-order valence-electron chi connectivity index (χ0n) is 19.5. The van der Waals surface area contributed by atoms with Gasteiger partial charge < -0.3 is 18.9 Å². The lowest BCUT2D eigenvalue weighted by atomic mass is 9.89.